The molecule has 0 aliphatic carbocycles. The molecule has 2 atom stereocenters. The lowest BCUT2D eigenvalue weighted by Crippen LogP contribution is -2.16. The van der Waals surface area contributed by atoms with Gasteiger partial charge in [-0.15, -0.1) is 0 Å². The van der Waals surface area contributed by atoms with Crippen LogP contribution in [-0.4, -0.2) is 13.6 Å². The van der Waals surface area contributed by atoms with Crippen molar-refractivity contribution >= 4 is 0 Å². The van der Waals surface area contributed by atoms with E-state index in [2.05, 4.69) is 36.5 Å². The van der Waals surface area contributed by atoms with Crippen LogP contribution in [0.4, 0.5) is 0 Å². The molecule has 1 aliphatic rings. The Labute approximate surface area is 78.9 Å². The van der Waals surface area contributed by atoms with E-state index in [-0.39, 0.29) is 12.2 Å². The molecule has 0 bridgehead atoms. The van der Waals surface area contributed by atoms with Gasteiger partial charge in [-0.05, 0) is 25.1 Å². The van der Waals surface area contributed by atoms with Gasteiger partial charge in [0.2, 0.25) is 0 Å². The van der Waals surface area contributed by atoms with Gasteiger partial charge in [0.15, 0.2) is 0 Å². The van der Waals surface area contributed by atoms with Crippen molar-refractivity contribution in [2.75, 3.05) is 13.6 Å². The molecule has 2 nitrogen and oxygen atoms in total. The maximum atomic E-state index is 5.81. The third-order valence-corrected chi connectivity index (χ3v) is 2.54. The fourth-order valence-electron chi connectivity index (χ4n) is 1.91. The number of fused-ring (bicyclic) bond motifs is 1. The van der Waals surface area contributed by atoms with Crippen molar-refractivity contribution in [3.05, 3.63) is 35.4 Å². The van der Waals surface area contributed by atoms with Crippen LogP contribution in [-0.2, 0) is 4.74 Å². The number of hydrogen-bond donors (Lipinski definition) is 1. The van der Waals surface area contributed by atoms with E-state index >= 15 is 0 Å². The van der Waals surface area contributed by atoms with Crippen molar-refractivity contribution in [1.29, 1.82) is 0 Å². The predicted octanol–water partition coefficient (Wildman–Crippen LogP) is 2.04. The van der Waals surface area contributed by atoms with Gasteiger partial charge in [0.25, 0.3) is 0 Å². The SMILES string of the molecule is CNCC1OC(C)c2ccccc21. The zero-order valence-corrected chi connectivity index (χ0v) is 8.08. The van der Waals surface area contributed by atoms with Crippen molar-refractivity contribution in [3.63, 3.8) is 0 Å². The molecule has 0 saturated carbocycles. The molecule has 0 amide bonds. The van der Waals surface area contributed by atoms with E-state index in [0.29, 0.717) is 0 Å². The Morgan fingerprint density at radius 1 is 1.31 bits per heavy atom. The van der Waals surface area contributed by atoms with Gasteiger partial charge in [0, 0.05) is 6.54 Å². The van der Waals surface area contributed by atoms with E-state index in [1.165, 1.54) is 11.1 Å². The molecule has 1 N–H and O–H groups in total. The Hall–Kier alpha value is -0.860. The predicted molar refractivity (Wildman–Crippen MR) is 52.6 cm³/mol. The maximum Gasteiger partial charge on any atom is 0.0960 e. The maximum absolute atomic E-state index is 5.81. The van der Waals surface area contributed by atoms with Crippen LogP contribution in [0.3, 0.4) is 0 Å². The van der Waals surface area contributed by atoms with Crippen molar-refractivity contribution in [1.82, 2.24) is 5.32 Å². The van der Waals surface area contributed by atoms with E-state index in [1.54, 1.807) is 0 Å². The third-order valence-electron chi connectivity index (χ3n) is 2.54. The van der Waals surface area contributed by atoms with Gasteiger partial charge >= 0.3 is 0 Å². The minimum Gasteiger partial charge on any atom is -0.365 e. The summed E-state index contributed by atoms with van der Waals surface area (Å²) in [6.07, 6.45) is 0.478. The van der Waals surface area contributed by atoms with Crippen molar-refractivity contribution in [3.8, 4) is 0 Å². The van der Waals surface area contributed by atoms with Gasteiger partial charge in [-0.1, -0.05) is 24.3 Å². The molecule has 0 saturated heterocycles. The Morgan fingerprint density at radius 2 is 2.00 bits per heavy atom. The van der Waals surface area contributed by atoms with Gasteiger partial charge in [-0.2, -0.15) is 0 Å². The monoisotopic (exact) mass is 177 g/mol. The Bertz CT molecular complexity index is 298. The number of hydrogen-bond acceptors (Lipinski definition) is 2. The van der Waals surface area contributed by atoms with Crippen LogP contribution >= 0.6 is 0 Å². The number of nitrogens with one attached hydrogen (secondary N) is 1. The Morgan fingerprint density at radius 3 is 2.69 bits per heavy atom. The summed E-state index contributed by atoms with van der Waals surface area (Å²) in [5, 5.41) is 3.15. The van der Waals surface area contributed by atoms with Gasteiger partial charge in [0.05, 0.1) is 12.2 Å². The second-order valence-electron chi connectivity index (χ2n) is 3.45. The highest BCUT2D eigenvalue weighted by Gasteiger charge is 2.27. The van der Waals surface area contributed by atoms with E-state index in [1.807, 2.05) is 7.05 Å². The molecule has 1 aliphatic heterocycles. The lowest BCUT2D eigenvalue weighted by molar-refractivity contribution is 0.0235. The molecule has 0 aromatic heterocycles. The van der Waals surface area contributed by atoms with E-state index in [9.17, 15) is 0 Å². The normalized spacial score (nSPS) is 26.0. The molecule has 70 valence electrons. The minimum absolute atomic E-state index is 0.233. The molecule has 2 rings (SSSR count). The first-order chi connectivity index (χ1) is 6.33. The summed E-state index contributed by atoms with van der Waals surface area (Å²) in [5.41, 5.74) is 2.67. The molecule has 1 aromatic carbocycles. The summed E-state index contributed by atoms with van der Waals surface area (Å²) < 4.78 is 5.81. The molecule has 1 aromatic rings. The lowest BCUT2D eigenvalue weighted by atomic mass is 10.0. The number of likely N-dealkylation sites (N-methyl/N-ethyl adjacent to an activating group) is 1. The van der Waals surface area contributed by atoms with Crippen LogP contribution in [0.25, 0.3) is 0 Å². The van der Waals surface area contributed by atoms with Gasteiger partial charge in [0.1, 0.15) is 0 Å². The molecule has 2 heteroatoms. The molecule has 2 unspecified atom stereocenters. The Kier molecular flexibility index (Phi) is 2.34. The average molecular weight is 177 g/mol. The number of rotatable bonds is 2. The molecule has 13 heavy (non-hydrogen) atoms. The Balaban J connectivity index is 2.30. The lowest BCUT2D eigenvalue weighted by Gasteiger charge is -2.10. The quantitative estimate of drug-likeness (QED) is 0.746. The van der Waals surface area contributed by atoms with Crippen LogP contribution in [0.15, 0.2) is 24.3 Å². The first kappa shape index (κ1) is 8.73. The standard InChI is InChI=1S/C11H15NO/c1-8-9-5-3-4-6-10(9)11(13-8)7-12-2/h3-6,8,11-12H,7H2,1-2H3. The van der Waals surface area contributed by atoms with E-state index in [4.69, 9.17) is 4.74 Å². The first-order valence-electron chi connectivity index (χ1n) is 4.72. The number of ether oxygens (including phenoxy) is 1. The van der Waals surface area contributed by atoms with Crippen LogP contribution in [0.1, 0.15) is 30.3 Å². The highest BCUT2D eigenvalue weighted by Crippen LogP contribution is 2.37. The van der Waals surface area contributed by atoms with Crippen LogP contribution in [0, 0.1) is 0 Å². The van der Waals surface area contributed by atoms with E-state index in [0.717, 1.165) is 6.54 Å². The summed E-state index contributed by atoms with van der Waals surface area (Å²) in [6, 6.07) is 8.44. The topological polar surface area (TPSA) is 21.3 Å². The summed E-state index contributed by atoms with van der Waals surface area (Å²) in [6.45, 7) is 3.00. The van der Waals surface area contributed by atoms with Crippen LogP contribution < -0.4 is 5.32 Å². The van der Waals surface area contributed by atoms with E-state index < -0.39 is 0 Å². The van der Waals surface area contributed by atoms with Crippen molar-refractivity contribution in [2.45, 2.75) is 19.1 Å². The van der Waals surface area contributed by atoms with Gasteiger partial charge in [-0.25, -0.2) is 0 Å². The highest BCUT2D eigenvalue weighted by atomic mass is 16.5. The second kappa shape index (κ2) is 3.48. The molecule has 1 heterocycles. The summed E-state index contributed by atoms with van der Waals surface area (Å²) in [4.78, 5) is 0. The summed E-state index contributed by atoms with van der Waals surface area (Å²) in [5.74, 6) is 0. The summed E-state index contributed by atoms with van der Waals surface area (Å²) in [7, 11) is 1.95. The largest absolute Gasteiger partial charge is 0.365 e. The van der Waals surface area contributed by atoms with Crippen LogP contribution in [0.5, 0.6) is 0 Å². The summed E-state index contributed by atoms with van der Waals surface area (Å²) >= 11 is 0. The first-order valence-corrected chi connectivity index (χ1v) is 4.72. The zero-order chi connectivity index (χ0) is 9.26. The fourth-order valence-corrected chi connectivity index (χ4v) is 1.91. The van der Waals surface area contributed by atoms with Crippen LogP contribution in [0.2, 0.25) is 0 Å². The molecular weight excluding hydrogens is 162 g/mol. The molecular formula is C11H15NO. The molecule has 0 fully saturated rings. The number of benzene rings is 1. The van der Waals surface area contributed by atoms with Crippen molar-refractivity contribution in [2.24, 2.45) is 0 Å². The second-order valence-corrected chi connectivity index (χ2v) is 3.45. The fraction of sp³-hybridized carbons (Fsp3) is 0.455. The zero-order valence-electron chi connectivity index (χ0n) is 8.08. The van der Waals surface area contributed by atoms with Gasteiger partial charge in [-0.3, -0.25) is 0 Å². The van der Waals surface area contributed by atoms with Crippen molar-refractivity contribution < 1.29 is 4.74 Å². The third kappa shape index (κ3) is 1.47. The molecule has 0 spiro atoms. The smallest absolute Gasteiger partial charge is 0.0960 e. The van der Waals surface area contributed by atoms with Gasteiger partial charge < -0.3 is 10.1 Å². The minimum atomic E-state index is 0.233. The highest BCUT2D eigenvalue weighted by molar-refractivity contribution is 5.34. The average Bonchev–Trinajstić information content (AvgIpc) is 2.46. The molecule has 0 radical (unpaired) electrons.